The summed E-state index contributed by atoms with van der Waals surface area (Å²) in [5.41, 5.74) is 2.28. The van der Waals surface area contributed by atoms with Crippen molar-refractivity contribution in [2.75, 3.05) is 5.75 Å². The van der Waals surface area contributed by atoms with Gasteiger partial charge in [0, 0.05) is 16.7 Å². The summed E-state index contributed by atoms with van der Waals surface area (Å²) in [7, 11) is -1.18. The van der Waals surface area contributed by atoms with E-state index in [-0.39, 0.29) is 11.9 Å². The first-order valence-electron chi connectivity index (χ1n) is 8.29. The Labute approximate surface area is 149 Å². The number of carbonyl (C=O) groups excluding carboxylic acids is 1. The number of aryl methyl sites for hydroxylation is 1. The van der Waals surface area contributed by atoms with Crippen LogP contribution < -0.4 is 5.32 Å². The van der Waals surface area contributed by atoms with Gasteiger partial charge in [0.15, 0.2) is 0 Å². The second-order valence-electron chi connectivity index (χ2n) is 5.91. The fourth-order valence-electron chi connectivity index (χ4n) is 2.95. The molecule has 3 aromatic rings. The van der Waals surface area contributed by atoms with Gasteiger partial charge >= 0.3 is 0 Å². The summed E-state index contributed by atoms with van der Waals surface area (Å²) in [6.45, 7) is 5.72. The van der Waals surface area contributed by atoms with Crippen molar-refractivity contribution in [2.24, 2.45) is 0 Å². The van der Waals surface area contributed by atoms with Crippen molar-refractivity contribution in [3.05, 3.63) is 65.4 Å². The summed E-state index contributed by atoms with van der Waals surface area (Å²) >= 11 is 0. The third-order valence-corrected chi connectivity index (χ3v) is 5.63. The smallest absolute Gasteiger partial charge is 0.253 e. The molecule has 0 spiro atoms. The number of hydrogen-bond donors (Lipinski definition) is 1. The first-order chi connectivity index (χ1) is 12.0. The predicted octanol–water partition coefficient (Wildman–Crippen LogP) is 4.36. The molecule has 5 heteroatoms. The Balaban J connectivity index is 1.88. The molecule has 1 N–H and O–H groups in total. The molecule has 2 atom stereocenters. The highest BCUT2D eigenvalue weighted by Crippen LogP contribution is 2.29. The van der Waals surface area contributed by atoms with E-state index in [0.717, 1.165) is 22.3 Å². The molecular formula is C20H21NO3S. The molecule has 2 aromatic carbocycles. The molecule has 0 saturated heterocycles. The summed E-state index contributed by atoms with van der Waals surface area (Å²) in [6.07, 6.45) is 0. The third-order valence-electron chi connectivity index (χ3n) is 4.26. The van der Waals surface area contributed by atoms with Gasteiger partial charge in [-0.05, 0) is 32.0 Å². The van der Waals surface area contributed by atoms with Gasteiger partial charge in [-0.15, -0.1) is 0 Å². The maximum Gasteiger partial charge on any atom is 0.253 e. The van der Waals surface area contributed by atoms with E-state index < -0.39 is 10.8 Å². The minimum absolute atomic E-state index is 0.246. The second-order valence-corrected chi connectivity index (χ2v) is 7.62. The minimum Gasteiger partial charge on any atom is -0.459 e. The Hall–Kier alpha value is -2.40. The lowest BCUT2D eigenvalue weighted by Gasteiger charge is -2.14. The van der Waals surface area contributed by atoms with Crippen LogP contribution in [0.25, 0.3) is 11.0 Å². The van der Waals surface area contributed by atoms with E-state index in [1.807, 2.05) is 45.0 Å². The van der Waals surface area contributed by atoms with Crippen molar-refractivity contribution < 1.29 is 13.4 Å². The molecular weight excluding hydrogens is 334 g/mol. The summed E-state index contributed by atoms with van der Waals surface area (Å²) in [5.74, 6) is 0.969. The van der Waals surface area contributed by atoms with E-state index in [2.05, 4.69) is 5.32 Å². The molecule has 0 aliphatic heterocycles. The number of nitrogens with one attached hydrogen (secondary N) is 1. The molecule has 0 aliphatic carbocycles. The Morgan fingerprint density at radius 3 is 2.56 bits per heavy atom. The monoisotopic (exact) mass is 355 g/mol. The van der Waals surface area contributed by atoms with Gasteiger partial charge in [0.05, 0.1) is 27.3 Å². The highest BCUT2D eigenvalue weighted by atomic mass is 32.2. The van der Waals surface area contributed by atoms with Crippen LogP contribution in [0.15, 0.2) is 57.8 Å². The first kappa shape index (κ1) is 17.4. The van der Waals surface area contributed by atoms with Crippen LogP contribution in [-0.2, 0) is 10.8 Å². The molecule has 0 unspecified atom stereocenters. The third kappa shape index (κ3) is 3.37. The van der Waals surface area contributed by atoms with Gasteiger partial charge < -0.3 is 9.73 Å². The molecule has 1 amide bonds. The van der Waals surface area contributed by atoms with Crippen LogP contribution in [-0.4, -0.2) is 15.9 Å². The molecule has 130 valence electrons. The minimum atomic E-state index is -1.18. The van der Waals surface area contributed by atoms with Crippen molar-refractivity contribution in [2.45, 2.75) is 31.7 Å². The summed E-state index contributed by atoms with van der Waals surface area (Å²) in [6, 6.07) is 14.6. The van der Waals surface area contributed by atoms with Gasteiger partial charge in [-0.25, -0.2) is 0 Å². The fraction of sp³-hybridized carbons (Fsp3) is 0.250. The van der Waals surface area contributed by atoms with Crippen LogP contribution in [0.2, 0.25) is 0 Å². The van der Waals surface area contributed by atoms with Crippen molar-refractivity contribution in [3.63, 3.8) is 0 Å². The number of furan rings is 1. The van der Waals surface area contributed by atoms with Crippen LogP contribution >= 0.6 is 0 Å². The lowest BCUT2D eigenvalue weighted by molar-refractivity contribution is 0.0932. The molecule has 4 nitrogen and oxygen atoms in total. The Morgan fingerprint density at radius 1 is 1.16 bits per heavy atom. The van der Waals surface area contributed by atoms with Crippen LogP contribution in [0.5, 0.6) is 0 Å². The largest absolute Gasteiger partial charge is 0.459 e. The zero-order chi connectivity index (χ0) is 18.0. The lowest BCUT2D eigenvalue weighted by atomic mass is 10.1. The van der Waals surface area contributed by atoms with Crippen molar-refractivity contribution in [1.29, 1.82) is 0 Å². The number of fused-ring (bicyclic) bond motifs is 1. The first-order valence-corrected chi connectivity index (χ1v) is 9.61. The second kappa shape index (κ2) is 7.23. The predicted molar refractivity (Wildman–Crippen MR) is 100 cm³/mol. The average molecular weight is 355 g/mol. The molecule has 1 aromatic heterocycles. The number of benzene rings is 2. The zero-order valence-corrected chi connectivity index (χ0v) is 15.4. The van der Waals surface area contributed by atoms with Crippen molar-refractivity contribution in [1.82, 2.24) is 5.32 Å². The van der Waals surface area contributed by atoms with E-state index in [1.165, 1.54) is 0 Å². The molecule has 3 rings (SSSR count). The van der Waals surface area contributed by atoms with Crippen molar-refractivity contribution >= 4 is 27.7 Å². The maximum atomic E-state index is 12.7. The molecule has 0 radical (unpaired) electrons. The van der Waals surface area contributed by atoms with Gasteiger partial charge in [-0.3, -0.25) is 9.00 Å². The molecule has 1 heterocycles. The van der Waals surface area contributed by atoms with Gasteiger partial charge in [0.2, 0.25) is 0 Å². The Morgan fingerprint density at radius 2 is 1.84 bits per heavy atom. The average Bonchev–Trinajstić information content (AvgIpc) is 2.98. The quantitative estimate of drug-likeness (QED) is 0.740. The van der Waals surface area contributed by atoms with Gasteiger partial charge in [0.1, 0.15) is 11.3 Å². The summed E-state index contributed by atoms with van der Waals surface area (Å²) < 4.78 is 18.1. The molecule has 0 aliphatic rings. The molecule has 0 fully saturated rings. The van der Waals surface area contributed by atoms with Gasteiger partial charge in [0.25, 0.3) is 5.91 Å². The van der Waals surface area contributed by atoms with Crippen LogP contribution in [0.1, 0.15) is 41.6 Å². The fourth-order valence-corrected chi connectivity index (χ4v) is 3.90. The van der Waals surface area contributed by atoms with E-state index in [9.17, 15) is 9.00 Å². The normalized spacial score (nSPS) is 13.6. The van der Waals surface area contributed by atoms with Crippen LogP contribution in [0.4, 0.5) is 0 Å². The zero-order valence-electron chi connectivity index (χ0n) is 14.5. The van der Waals surface area contributed by atoms with Crippen molar-refractivity contribution in [3.8, 4) is 0 Å². The summed E-state index contributed by atoms with van der Waals surface area (Å²) in [4.78, 5) is 13.3. The number of amides is 1. The standard InChI is InChI=1S/C20H21NO3S/c1-4-25(23)18-12-8-6-10-16(18)20(22)21-14(3)19-13(2)15-9-5-7-11-17(15)24-19/h5-12,14H,4H2,1-3H3,(H,21,22)/t14-,25+/m0/s1. The molecule has 0 saturated carbocycles. The number of carbonyl (C=O) groups is 1. The number of rotatable bonds is 5. The Bertz CT molecular complexity index is 945. The lowest BCUT2D eigenvalue weighted by Crippen LogP contribution is -2.27. The number of para-hydroxylation sites is 1. The maximum absolute atomic E-state index is 12.7. The molecule has 25 heavy (non-hydrogen) atoms. The highest BCUT2D eigenvalue weighted by molar-refractivity contribution is 7.85. The number of hydrogen-bond acceptors (Lipinski definition) is 3. The van der Waals surface area contributed by atoms with Crippen LogP contribution in [0.3, 0.4) is 0 Å². The van der Waals surface area contributed by atoms with Gasteiger partial charge in [-0.2, -0.15) is 0 Å². The topological polar surface area (TPSA) is 59.3 Å². The van der Waals surface area contributed by atoms with E-state index in [1.54, 1.807) is 24.3 Å². The van der Waals surface area contributed by atoms with Crippen LogP contribution in [0, 0.1) is 6.92 Å². The summed E-state index contributed by atoms with van der Waals surface area (Å²) in [5, 5.41) is 4.01. The Kier molecular flexibility index (Phi) is 5.04. The van der Waals surface area contributed by atoms with Gasteiger partial charge in [-0.1, -0.05) is 37.3 Å². The van der Waals surface area contributed by atoms with E-state index >= 15 is 0 Å². The van der Waals surface area contributed by atoms with E-state index in [0.29, 0.717) is 16.2 Å². The van der Waals surface area contributed by atoms with E-state index in [4.69, 9.17) is 4.42 Å². The molecule has 0 bridgehead atoms. The SMILES string of the molecule is CC[S@@](=O)c1ccccc1C(=O)N[C@@H](C)c1oc2ccccc2c1C. The highest BCUT2D eigenvalue weighted by Gasteiger charge is 2.21.